The maximum absolute atomic E-state index is 4.29. The van der Waals surface area contributed by atoms with Crippen molar-refractivity contribution < 1.29 is 0 Å². The highest BCUT2D eigenvalue weighted by Gasteiger charge is 2.05. The lowest BCUT2D eigenvalue weighted by Crippen LogP contribution is -2.01. The quantitative estimate of drug-likeness (QED) is 0.799. The van der Waals surface area contributed by atoms with E-state index in [9.17, 15) is 0 Å². The molecule has 2 heterocycles. The highest BCUT2D eigenvalue weighted by molar-refractivity contribution is 5.47. The molecule has 0 aliphatic carbocycles. The molecule has 2 rings (SSSR count). The lowest BCUT2D eigenvalue weighted by molar-refractivity contribution is 0.826. The van der Waals surface area contributed by atoms with Crippen LogP contribution in [0.1, 0.15) is 11.6 Å². The highest BCUT2D eigenvalue weighted by atomic mass is 15.3. The Bertz CT molecular complexity index is 474. The monoisotopic (exact) mass is 203 g/mol. The second kappa shape index (κ2) is 3.68. The third-order valence-electron chi connectivity index (χ3n) is 2.13. The summed E-state index contributed by atoms with van der Waals surface area (Å²) < 4.78 is 1.78. The maximum atomic E-state index is 4.29. The minimum Gasteiger partial charge on any atom is -0.387 e. The first-order chi connectivity index (χ1) is 7.20. The third-order valence-corrected chi connectivity index (χ3v) is 2.13. The summed E-state index contributed by atoms with van der Waals surface area (Å²) in [4.78, 5) is 8.38. The Kier molecular flexibility index (Phi) is 2.37. The largest absolute Gasteiger partial charge is 0.387 e. The van der Waals surface area contributed by atoms with Gasteiger partial charge in [0, 0.05) is 7.05 Å². The van der Waals surface area contributed by atoms with E-state index in [1.807, 2.05) is 27.0 Å². The van der Waals surface area contributed by atoms with Crippen molar-refractivity contribution >= 4 is 5.69 Å². The summed E-state index contributed by atoms with van der Waals surface area (Å²) in [5.41, 5.74) is 1.88. The van der Waals surface area contributed by atoms with E-state index < -0.39 is 0 Å². The number of nitrogens with zero attached hydrogens (tertiary/aromatic N) is 4. The van der Waals surface area contributed by atoms with Gasteiger partial charge in [-0.25, -0.2) is 9.67 Å². The van der Waals surface area contributed by atoms with Crippen LogP contribution in [0.25, 0.3) is 5.69 Å². The van der Waals surface area contributed by atoms with Crippen molar-refractivity contribution in [2.75, 3.05) is 12.4 Å². The molecule has 5 nitrogen and oxygen atoms in total. The zero-order valence-electron chi connectivity index (χ0n) is 9.02. The van der Waals surface area contributed by atoms with Crippen molar-refractivity contribution in [1.82, 2.24) is 19.7 Å². The summed E-state index contributed by atoms with van der Waals surface area (Å²) in [6.07, 6.45) is 3.53. The second-order valence-corrected chi connectivity index (χ2v) is 3.30. The molecule has 0 saturated heterocycles. The number of rotatable bonds is 2. The van der Waals surface area contributed by atoms with Crippen LogP contribution in [-0.4, -0.2) is 26.8 Å². The molecule has 0 bridgehead atoms. The molecule has 2 aromatic heterocycles. The topological polar surface area (TPSA) is 55.6 Å². The molecule has 0 aliphatic rings. The van der Waals surface area contributed by atoms with Crippen molar-refractivity contribution in [2.45, 2.75) is 13.8 Å². The minimum atomic E-state index is 0.766. The molecular weight excluding hydrogens is 190 g/mol. The molecule has 0 unspecified atom stereocenters. The van der Waals surface area contributed by atoms with Gasteiger partial charge in [0.05, 0.1) is 23.8 Å². The molecular formula is C10H13N5. The number of nitrogens with one attached hydrogen (secondary N) is 1. The molecule has 78 valence electrons. The summed E-state index contributed by atoms with van der Waals surface area (Å²) in [6.45, 7) is 3.80. The van der Waals surface area contributed by atoms with E-state index >= 15 is 0 Å². The van der Waals surface area contributed by atoms with E-state index in [1.54, 1.807) is 17.1 Å². The Morgan fingerprint density at radius 2 is 2.07 bits per heavy atom. The number of pyridine rings is 1. The molecule has 5 heteroatoms. The molecule has 0 spiro atoms. The summed E-state index contributed by atoms with van der Waals surface area (Å²) >= 11 is 0. The molecule has 1 N–H and O–H groups in total. The van der Waals surface area contributed by atoms with Crippen LogP contribution in [0.4, 0.5) is 5.69 Å². The molecule has 2 aromatic rings. The summed E-state index contributed by atoms with van der Waals surface area (Å²) in [7, 11) is 1.86. The standard InChI is InChI=1S/C10H13N5/c1-7-13-8(2)15(14-7)10-4-9(11-3)5-12-6-10/h4-6,11H,1-3H3. The molecule has 0 saturated carbocycles. The molecule has 0 aliphatic heterocycles. The van der Waals surface area contributed by atoms with Crippen molar-refractivity contribution in [3.8, 4) is 5.69 Å². The predicted octanol–water partition coefficient (Wildman–Crippen LogP) is 1.32. The van der Waals surface area contributed by atoms with Gasteiger partial charge in [0.25, 0.3) is 0 Å². The van der Waals surface area contributed by atoms with Crippen LogP contribution < -0.4 is 5.32 Å². The van der Waals surface area contributed by atoms with Crippen LogP contribution >= 0.6 is 0 Å². The average Bonchev–Trinajstić information content (AvgIpc) is 2.58. The third kappa shape index (κ3) is 1.81. The van der Waals surface area contributed by atoms with Gasteiger partial charge in [-0.15, -0.1) is 0 Å². The van der Waals surface area contributed by atoms with E-state index in [-0.39, 0.29) is 0 Å². The second-order valence-electron chi connectivity index (χ2n) is 3.30. The van der Waals surface area contributed by atoms with E-state index in [0.29, 0.717) is 0 Å². The van der Waals surface area contributed by atoms with Gasteiger partial charge in [0.15, 0.2) is 0 Å². The first-order valence-corrected chi connectivity index (χ1v) is 4.74. The smallest absolute Gasteiger partial charge is 0.148 e. The van der Waals surface area contributed by atoms with E-state index in [4.69, 9.17) is 0 Å². The van der Waals surface area contributed by atoms with Crippen LogP contribution in [0.3, 0.4) is 0 Å². The van der Waals surface area contributed by atoms with E-state index in [2.05, 4.69) is 20.4 Å². The van der Waals surface area contributed by atoms with E-state index in [0.717, 1.165) is 23.0 Å². The van der Waals surface area contributed by atoms with Crippen LogP contribution in [0.15, 0.2) is 18.5 Å². The fourth-order valence-corrected chi connectivity index (χ4v) is 1.45. The van der Waals surface area contributed by atoms with Crippen LogP contribution in [0.2, 0.25) is 0 Å². The zero-order valence-corrected chi connectivity index (χ0v) is 9.02. The van der Waals surface area contributed by atoms with Crippen LogP contribution in [-0.2, 0) is 0 Å². The van der Waals surface area contributed by atoms with Gasteiger partial charge in [-0.3, -0.25) is 4.98 Å². The molecule has 0 aromatic carbocycles. The van der Waals surface area contributed by atoms with Crippen molar-refractivity contribution in [3.05, 3.63) is 30.1 Å². The van der Waals surface area contributed by atoms with Crippen molar-refractivity contribution in [2.24, 2.45) is 0 Å². The number of aromatic nitrogens is 4. The van der Waals surface area contributed by atoms with Crippen molar-refractivity contribution in [3.63, 3.8) is 0 Å². The van der Waals surface area contributed by atoms with Crippen LogP contribution in [0.5, 0.6) is 0 Å². The van der Waals surface area contributed by atoms with Gasteiger partial charge in [0.2, 0.25) is 0 Å². The number of hydrogen-bond donors (Lipinski definition) is 1. The number of hydrogen-bond acceptors (Lipinski definition) is 4. The first-order valence-electron chi connectivity index (χ1n) is 4.74. The summed E-state index contributed by atoms with van der Waals surface area (Å²) in [5, 5.41) is 7.33. The SMILES string of the molecule is CNc1cncc(-n2nc(C)nc2C)c1. The normalized spacial score (nSPS) is 10.3. The van der Waals surface area contributed by atoms with E-state index in [1.165, 1.54) is 0 Å². The average molecular weight is 203 g/mol. The molecule has 0 atom stereocenters. The number of anilines is 1. The van der Waals surface area contributed by atoms with Gasteiger partial charge in [-0.05, 0) is 19.9 Å². The van der Waals surface area contributed by atoms with Crippen molar-refractivity contribution in [1.29, 1.82) is 0 Å². The highest BCUT2D eigenvalue weighted by Crippen LogP contribution is 2.12. The Hall–Kier alpha value is -1.91. The fourth-order valence-electron chi connectivity index (χ4n) is 1.45. The van der Waals surface area contributed by atoms with Crippen LogP contribution in [0, 0.1) is 13.8 Å². The lowest BCUT2D eigenvalue weighted by atomic mass is 10.3. The first kappa shape index (κ1) is 9.64. The van der Waals surface area contributed by atoms with Gasteiger partial charge in [0.1, 0.15) is 11.6 Å². The molecule has 15 heavy (non-hydrogen) atoms. The lowest BCUT2D eigenvalue weighted by Gasteiger charge is -2.04. The molecule has 0 amide bonds. The zero-order chi connectivity index (χ0) is 10.8. The fraction of sp³-hybridized carbons (Fsp3) is 0.300. The Labute approximate surface area is 88.2 Å². The maximum Gasteiger partial charge on any atom is 0.148 e. The van der Waals surface area contributed by atoms with Gasteiger partial charge >= 0.3 is 0 Å². The minimum absolute atomic E-state index is 0.766. The predicted molar refractivity (Wildman–Crippen MR) is 58.2 cm³/mol. The Balaban J connectivity index is 2.49. The van der Waals surface area contributed by atoms with Gasteiger partial charge < -0.3 is 5.32 Å². The summed E-state index contributed by atoms with van der Waals surface area (Å²) in [6, 6.07) is 1.98. The number of aryl methyl sites for hydroxylation is 2. The van der Waals surface area contributed by atoms with Gasteiger partial charge in [-0.2, -0.15) is 5.10 Å². The Morgan fingerprint density at radius 3 is 2.67 bits per heavy atom. The summed E-state index contributed by atoms with van der Waals surface area (Å²) in [5.74, 6) is 1.63. The Morgan fingerprint density at radius 1 is 1.27 bits per heavy atom. The molecule has 0 fully saturated rings. The van der Waals surface area contributed by atoms with Gasteiger partial charge in [-0.1, -0.05) is 0 Å². The molecule has 0 radical (unpaired) electrons.